The Labute approximate surface area is 124 Å². The summed E-state index contributed by atoms with van der Waals surface area (Å²) < 4.78 is 13.0. The number of nitrogens with one attached hydrogen (secondary N) is 1. The van der Waals surface area contributed by atoms with Crippen molar-refractivity contribution < 1.29 is 4.39 Å². The van der Waals surface area contributed by atoms with Gasteiger partial charge >= 0.3 is 0 Å². The highest BCUT2D eigenvalue weighted by atomic mass is 19.1. The molecule has 0 atom stereocenters. The number of benzene rings is 1. The van der Waals surface area contributed by atoms with Crippen molar-refractivity contribution in [2.75, 3.05) is 11.9 Å². The van der Waals surface area contributed by atoms with Gasteiger partial charge in [-0.1, -0.05) is 32.1 Å². The summed E-state index contributed by atoms with van der Waals surface area (Å²) in [4.78, 5) is 0. The first kappa shape index (κ1) is 15.2. The van der Waals surface area contributed by atoms with Crippen LogP contribution >= 0.6 is 0 Å². The molecule has 0 saturated heterocycles. The van der Waals surface area contributed by atoms with Gasteiger partial charge in [-0.25, -0.2) is 4.39 Å². The molecule has 0 aliphatic rings. The van der Waals surface area contributed by atoms with Gasteiger partial charge in [0, 0.05) is 12.0 Å². The summed E-state index contributed by atoms with van der Waals surface area (Å²) in [6, 6.07) is 10.4. The maximum Gasteiger partial charge on any atom is 0.148 e. The Balaban J connectivity index is 2.02. The molecule has 21 heavy (non-hydrogen) atoms. The minimum atomic E-state index is -0.215. The van der Waals surface area contributed by atoms with Crippen molar-refractivity contribution in [1.29, 1.82) is 0 Å². The summed E-state index contributed by atoms with van der Waals surface area (Å²) in [7, 11) is 0. The molecule has 1 aromatic carbocycles. The van der Waals surface area contributed by atoms with E-state index in [0.29, 0.717) is 6.54 Å². The molecule has 0 aliphatic heterocycles. The number of hydrogen-bond donors (Lipinski definition) is 1. The van der Waals surface area contributed by atoms with Crippen LogP contribution in [-0.2, 0) is 5.41 Å². The number of halogens is 1. The molecule has 0 bridgehead atoms. The lowest BCUT2D eigenvalue weighted by molar-refractivity contribution is 0.552. The van der Waals surface area contributed by atoms with E-state index in [-0.39, 0.29) is 11.2 Å². The standard InChI is InChI=1S/C17H20FN3/c1-4-5-15-10-11-16(21-20-15)19-12-17(2,3)13-6-8-14(18)9-7-13/h4-11H,12H2,1-3H3,(H,19,21)/b5-4+. The second-order valence-electron chi connectivity index (χ2n) is 5.59. The van der Waals surface area contributed by atoms with Crippen LogP contribution in [0.5, 0.6) is 0 Å². The molecule has 110 valence electrons. The molecular formula is C17H20FN3. The lowest BCUT2D eigenvalue weighted by Gasteiger charge is -2.25. The van der Waals surface area contributed by atoms with Crippen molar-refractivity contribution in [3.8, 4) is 0 Å². The quantitative estimate of drug-likeness (QED) is 0.901. The Morgan fingerprint density at radius 2 is 1.81 bits per heavy atom. The zero-order valence-corrected chi connectivity index (χ0v) is 12.6. The van der Waals surface area contributed by atoms with Crippen molar-refractivity contribution in [2.45, 2.75) is 26.2 Å². The topological polar surface area (TPSA) is 37.8 Å². The molecule has 2 aromatic rings. The molecule has 0 fully saturated rings. The molecule has 4 heteroatoms. The lowest BCUT2D eigenvalue weighted by atomic mass is 9.84. The predicted molar refractivity (Wildman–Crippen MR) is 84.7 cm³/mol. The van der Waals surface area contributed by atoms with Crippen LogP contribution in [0.25, 0.3) is 6.08 Å². The summed E-state index contributed by atoms with van der Waals surface area (Å²) >= 11 is 0. The Morgan fingerprint density at radius 3 is 2.38 bits per heavy atom. The maximum absolute atomic E-state index is 13.0. The van der Waals surface area contributed by atoms with Gasteiger partial charge in [0.05, 0.1) is 5.69 Å². The van der Waals surface area contributed by atoms with E-state index in [1.54, 1.807) is 0 Å². The smallest absolute Gasteiger partial charge is 0.148 e. The normalized spacial score (nSPS) is 11.8. The molecule has 0 unspecified atom stereocenters. The molecule has 0 saturated carbocycles. The summed E-state index contributed by atoms with van der Waals surface area (Å²) in [5.74, 6) is 0.520. The van der Waals surface area contributed by atoms with Crippen molar-refractivity contribution in [2.24, 2.45) is 0 Å². The summed E-state index contributed by atoms with van der Waals surface area (Å²) in [5, 5.41) is 11.5. The fourth-order valence-electron chi connectivity index (χ4n) is 2.01. The molecule has 1 aromatic heterocycles. The summed E-state index contributed by atoms with van der Waals surface area (Å²) in [5.41, 5.74) is 1.79. The van der Waals surface area contributed by atoms with Crippen molar-refractivity contribution in [1.82, 2.24) is 10.2 Å². The molecule has 1 heterocycles. The first-order valence-electron chi connectivity index (χ1n) is 6.97. The Bertz CT molecular complexity index is 601. The average molecular weight is 285 g/mol. The van der Waals surface area contributed by atoms with E-state index in [1.165, 1.54) is 12.1 Å². The van der Waals surface area contributed by atoms with E-state index in [9.17, 15) is 4.39 Å². The van der Waals surface area contributed by atoms with Crippen LogP contribution in [0, 0.1) is 5.82 Å². The number of anilines is 1. The maximum atomic E-state index is 13.0. The lowest BCUT2D eigenvalue weighted by Crippen LogP contribution is -2.28. The predicted octanol–water partition coefficient (Wildman–Crippen LogP) is 4.04. The summed E-state index contributed by atoms with van der Waals surface area (Å²) in [6.07, 6.45) is 3.83. The SMILES string of the molecule is C/C=C/c1ccc(NCC(C)(C)c2ccc(F)cc2)nn1. The van der Waals surface area contributed by atoms with Gasteiger partial charge in [-0.3, -0.25) is 0 Å². The Hall–Kier alpha value is -2.23. The van der Waals surface area contributed by atoms with E-state index >= 15 is 0 Å². The van der Waals surface area contributed by atoms with Gasteiger partial charge in [0.25, 0.3) is 0 Å². The Kier molecular flexibility index (Phi) is 4.68. The van der Waals surface area contributed by atoms with Crippen LogP contribution in [0.3, 0.4) is 0 Å². The summed E-state index contributed by atoms with van der Waals surface area (Å²) in [6.45, 7) is 6.85. The molecule has 1 N–H and O–H groups in total. The van der Waals surface area contributed by atoms with Gasteiger partial charge in [-0.2, -0.15) is 0 Å². The largest absolute Gasteiger partial charge is 0.368 e. The molecule has 0 amide bonds. The minimum absolute atomic E-state index is 0.128. The van der Waals surface area contributed by atoms with Crippen LogP contribution in [0.15, 0.2) is 42.5 Å². The van der Waals surface area contributed by atoms with Gasteiger partial charge in [-0.05, 0) is 42.8 Å². The monoisotopic (exact) mass is 285 g/mol. The molecule has 3 nitrogen and oxygen atoms in total. The highest BCUT2D eigenvalue weighted by Gasteiger charge is 2.20. The van der Waals surface area contributed by atoms with Crippen LogP contribution in [0.4, 0.5) is 10.2 Å². The van der Waals surface area contributed by atoms with Crippen LogP contribution in [0.1, 0.15) is 32.0 Å². The van der Waals surface area contributed by atoms with Gasteiger partial charge in [0.2, 0.25) is 0 Å². The second kappa shape index (κ2) is 6.48. The van der Waals surface area contributed by atoms with E-state index in [2.05, 4.69) is 29.4 Å². The third kappa shape index (κ3) is 4.12. The zero-order chi connectivity index (χ0) is 15.3. The van der Waals surface area contributed by atoms with Crippen LogP contribution in [0.2, 0.25) is 0 Å². The number of aromatic nitrogens is 2. The second-order valence-corrected chi connectivity index (χ2v) is 5.59. The van der Waals surface area contributed by atoms with E-state index in [0.717, 1.165) is 17.1 Å². The van der Waals surface area contributed by atoms with Crippen molar-refractivity contribution >= 4 is 11.9 Å². The molecule has 0 radical (unpaired) electrons. The van der Waals surface area contributed by atoms with E-state index in [1.807, 2.05) is 43.3 Å². The van der Waals surface area contributed by atoms with Gasteiger partial charge in [0.15, 0.2) is 0 Å². The molecule has 0 spiro atoms. The highest BCUT2D eigenvalue weighted by molar-refractivity contribution is 5.46. The highest BCUT2D eigenvalue weighted by Crippen LogP contribution is 2.23. The average Bonchev–Trinajstić information content (AvgIpc) is 2.47. The fourth-order valence-corrected chi connectivity index (χ4v) is 2.01. The minimum Gasteiger partial charge on any atom is -0.368 e. The third-order valence-corrected chi connectivity index (χ3v) is 3.36. The third-order valence-electron chi connectivity index (χ3n) is 3.36. The van der Waals surface area contributed by atoms with Gasteiger partial charge in [-0.15, -0.1) is 10.2 Å². The van der Waals surface area contributed by atoms with Gasteiger partial charge < -0.3 is 5.32 Å². The van der Waals surface area contributed by atoms with Gasteiger partial charge in [0.1, 0.15) is 11.6 Å². The van der Waals surface area contributed by atoms with E-state index < -0.39 is 0 Å². The molecule has 2 rings (SSSR count). The number of nitrogens with zero attached hydrogens (tertiary/aromatic N) is 2. The fraction of sp³-hybridized carbons (Fsp3) is 0.294. The molecular weight excluding hydrogens is 265 g/mol. The molecule has 0 aliphatic carbocycles. The van der Waals surface area contributed by atoms with Crippen molar-refractivity contribution in [3.05, 3.63) is 59.5 Å². The van der Waals surface area contributed by atoms with Crippen LogP contribution < -0.4 is 5.32 Å². The number of allylic oxidation sites excluding steroid dienone is 1. The first-order chi connectivity index (χ1) is 10.0. The Morgan fingerprint density at radius 1 is 1.10 bits per heavy atom. The number of rotatable bonds is 5. The number of hydrogen-bond acceptors (Lipinski definition) is 3. The van der Waals surface area contributed by atoms with Crippen molar-refractivity contribution in [3.63, 3.8) is 0 Å². The first-order valence-corrected chi connectivity index (χ1v) is 6.97. The van der Waals surface area contributed by atoms with Crippen LogP contribution in [-0.4, -0.2) is 16.7 Å². The zero-order valence-electron chi connectivity index (χ0n) is 12.6. The van der Waals surface area contributed by atoms with E-state index in [4.69, 9.17) is 0 Å².